The lowest BCUT2D eigenvalue weighted by Gasteiger charge is -2.10. The molecule has 1 aromatic heterocycles. The van der Waals surface area contributed by atoms with Gasteiger partial charge in [0.05, 0.1) is 0 Å². The molecule has 0 radical (unpaired) electrons. The molecule has 0 bridgehead atoms. The Hall–Kier alpha value is -2.55. The largest absolute Gasteiger partial charge is 0.451 e. The smallest absolute Gasteiger partial charge is 0.291 e. The summed E-state index contributed by atoms with van der Waals surface area (Å²) in [5, 5.41) is 3.80. The van der Waals surface area contributed by atoms with Crippen molar-refractivity contribution < 1.29 is 9.21 Å². The predicted octanol–water partition coefficient (Wildman–Crippen LogP) is 5.20. The van der Waals surface area contributed by atoms with E-state index in [4.69, 9.17) is 4.42 Å². The third-order valence-electron chi connectivity index (χ3n) is 4.00. The van der Waals surface area contributed by atoms with Crippen molar-refractivity contribution in [2.75, 3.05) is 5.32 Å². The Balaban J connectivity index is 1.76. The van der Waals surface area contributed by atoms with Crippen LogP contribution in [0.4, 0.5) is 5.69 Å². The summed E-state index contributed by atoms with van der Waals surface area (Å²) < 4.78 is 5.57. The number of amides is 1. The minimum atomic E-state index is -0.229. The van der Waals surface area contributed by atoms with Crippen molar-refractivity contribution in [3.05, 3.63) is 65.9 Å². The summed E-state index contributed by atoms with van der Waals surface area (Å²) in [6.45, 7) is 4.36. The van der Waals surface area contributed by atoms with E-state index in [2.05, 4.69) is 31.3 Å². The number of nitrogens with one attached hydrogen (secondary N) is 1. The van der Waals surface area contributed by atoms with Crippen molar-refractivity contribution in [1.29, 1.82) is 0 Å². The topological polar surface area (TPSA) is 42.2 Å². The van der Waals surface area contributed by atoms with Crippen LogP contribution in [0.15, 0.2) is 59.0 Å². The minimum Gasteiger partial charge on any atom is -0.451 e. The lowest BCUT2D eigenvalue weighted by atomic mass is 9.99. The molecule has 1 amide bonds. The molecule has 1 N–H and O–H groups in total. The number of para-hydroxylation sites is 1. The first-order valence-electron chi connectivity index (χ1n) is 7.57. The zero-order valence-electron chi connectivity index (χ0n) is 12.8. The average molecular weight is 293 g/mol. The summed E-state index contributed by atoms with van der Waals surface area (Å²) in [7, 11) is 0. The number of carbonyl (C=O) groups is 1. The fourth-order valence-corrected chi connectivity index (χ4v) is 2.42. The van der Waals surface area contributed by atoms with Gasteiger partial charge < -0.3 is 9.73 Å². The van der Waals surface area contributed by atoms with Gasteiger partial charge in [-0.1, -0.05) is 44.2 Å². The van der Waals surface area contributed by atoms with Gasteiger partial charge in [-0.25, -0.2) is 0 Å². The van der Waals surface area contributed by atoms with Crippen molar-refractivity contribution >= 4 is 22.6 Å². The van der Waals surface area contributed by atoms with Crippen molar-refractivity contribution in [2.45, 2.75) is 26.2 Å². The van der Waals surface area contributed by atoms with Gasteiger partial charge in [0.25, 0.3) is 5.91 Å². The quantitative estimate of drug-likeness (QED) is 0.718. The molecule has 0 fully saturated rings. The van der Waals surface area contributed by atoms with Gasteiger partial charge in [-0.15, -0.1) is 0 Å². The number of hydrogen-bond acceptors (Lipinski definition) is 2. The average Bonchev–Trinajstić information content (AvgIpc) is 2.99. The van der Waals surface area contributed by atoms with Crippen LogP contribution in [0.5, 0.6) is 0 Å². The maximum Gasteiger partial charge on any atom is 0.291 e. The highest BCUT2D eigenvalue weighted by molar-refractivity contribution is 6.04. The zero-order chi connectivity index (χ0) is 15.5. The van der Waals surface area contributed by atoms with Gasteiger partial charge >= 0.3 is 0 Å². The Kier molecular flexibility index (Phi) is 3.96. The highest BCUT2D eigenvalue weighted by Crippen LogP contribution is 2.22. The molecule has 0 saturated heterocycles. The summed E-state index contributed by atoms with van der Waals surface area (Å²) in [5.74, 6) is 0.625. The third-order valence-corrected chi connectivity index (χ3v) is 4.00. The van der Waals surface area contributed by atoms with Crippen LogP contribution in [0.3, 0.4) is 0 Å². The maximum absolute atomic E-state index is 12.3. The molecule has 0 aliphatic rings. The second kappa shape index (κ2) is 6.06. The minimum absolute atomic E-state index is 0.229. The molecule has 22 heavy (non-hydrogen) atoms. The Labute approximate surface area is 130 Å². The molecule has 3 aromatic rings. The van der Waals surface area contributed by atoms with Crippen LogP contribution < -0.4 is 5.32 Å². The van der Waals surface area contributed by atoms with E-state index in [1.807, 2.05) is 36.4 Å². The summed E-state index contributed by atoms with van der Waals surface area (Å²) in [6.07, 6.45) is 1.10. The van der Waals surface area contributed by atoms with E-state index in [-0.39, 0.29) is 5.91 Å². The van der Waals surface area contributed by atoms with Gasteiger partial charge in [0.1, 0.15) is 5.58 Å². The number of hydrogen-bond donors (Lipinski definition) is 1. The van der Waals surface area contributed by atoms with Crippen LogP contribution in [-0.2, 0) is 0 Å². The fraction of sp³-hybridized carbons (Fsp3) is 0.211. The number of anilines is 1. The maximum atomic E-state index is 12.3. The fourth-order valence-electron chi connectivity index (χ4n) is 2.42. The lowest BCUT2D eigenvalue weighted by molar-refractivity contribution is 0.0998. The first kappa shape index (κ1) is 14.4. The van der Waals surface area contributed by atoms with E-state index in [1.165, 1.54) is 5.56 Å². The summed E-state index contributed by atoms with van der Waals surface area (Å²) in [4.78, 5) is 12.3. The van der Waals surface area contributed by atoms with E-state index < -0.39 is 0 Å². The number of benzene rings is 2. The van der Waals surface area contributed by atoms with E-state index in [0.717, 1.165) is 23.1 Å². The molecule has 0 aliphatic carbocycles. The van der Waals surface area contributed by atoms with Crippen LogP contribution in [0.25, 0.3) is 11.0 Å². The Bertz CT molecular complexity index is 754. The normalized spacial score (nSPS) is 12.3. The molecule has 3 rings (SSSR count). The summed E-state index contributed by atoms with van der Waals surface area (Å²) in [6, 6.07) is 17.3. The zero-order valence-corrected chi connectivity index (χ0v) is 12.8. The van der Waals surface area contributed by atoms with E-state index in [0.29, 0.717) is 11.7 Å². The van der Waals surface area contributed by atoms with Crippen molar-refractivity contribution in [3.8, 4) is 0 Å². The third kappa shape index (κ3) is 2.89. The van der Waals surface area contributed by atoms with Gasteiger partial charge in [-0.2, -0.15) is 0 Å². The number of rotatable bonds is 4. The Morgan fingerprint density at radius 1 is 1.14 bits per heavy atom. The van der Waals surface area contributed by atoms with E-state index >= 15 is 0 Å². The van der Waals surface area contributed by atoms with Gasteiger partial charge in [-0.3, -0.25) is 4.79 Å². The van der Waals surface area contributed by atoms with E-state index in [9.17, 15) is 4.79 Å². The molecule has 0 aliphatic heterocycles. The highest BCUT2D eigenvalue weighted by atomic mass is 16.3. The van der Waals surface area contributed by atoms with Gasteiger partial charge in [-0.05, 0) is 42.2 Å². The second-order valence-corrected chi connectivity index (χ2v) is 5.53. The second-order valence-electron chi connectivity index (χ2n) is 5.53. The standard InChI is InChI=1S/C19H19NO2/c1-3-13(2)14-8-10-16(11-9-14)20-19(21)18-12-15-6-4-5-7-17(15)22-18/h4-13H,3H2,1-2H3,(H,20,21)/t13-/m1/s1. The number of carbonyl (C=O) groups excluding carboxylic acids is 1. The Morgan fingerprint density at radius 2 is 1.86 bits per heavy atom. The monoisotopic (exact) mass is 293 g/mol. The van der Waals surface area contributed by atoms with Crippen LogP contribution in [0, 0.1) is 0 Å². The van der Waals surface area contributed by atoms with Crippen molar-refractivity contribution in [1.82, 2.24) is 0 Å². The van der Waals surface area contributed by atoms with Crippen LogP contribution >= 0.6 is 0 Å². The molecular weight excluding hydrogens is 274 g/mol. The van der Waals surface area contributed by atoms with E-state index in [1.54, 1.807) is 6.07 Å². The van der Waals surface area contributed by atoms with Crippen molar-refractivity contribution in [3.63, 3.8) is 0 Å². The molecule has 0 spiro atoms. The summed E-state index contributed by atoms with van der Waals surface area (Å²) in [5.41, 5.74) is 2.78. The Morgan fingerprint density at radius 3 is 2.55 bits per heavy atom. The molecule has 2 aromatic carbocycles. The van der Waals surface area contributed by atoms with Gasteiger partial charge in [0.2, 0.25) is 0 Å². The first-order chi connectivity index (χ1) is 10.7. The van der Waals surface area contributed by atoms with Crippen molar-refractivity contribution in [2.24, 2.45) is 0 Å². The van der Waals surface area contributed by atoms with Crippen LogP contribution in [-0.4, -0.2) is 5.91 Å². The summed E-state index contributed by atoms with van der Waals surface area (Å²) >= 11 is 0. The first-order valence-corrected chi connectivity index (χ1v) is 7.57. The molecule has 1 heterocycles. The molecule has 3 nitrogen and oxygen atoms in total. The molecule has 0 unspecified atom stereocenters. The number of fused-ring (bicyclic) bond motifs is 1. The van der Waals surface area contributed by atoms with Gasteiger partial charge in [0.15, 0.2) is 5.76 Å². The SMILES string of the molecule is CC[C@@H](C)c1ccc(NC(=O)c2cc3ccccc3o2)cc1. The molecule has 112 valence electrons. The molecule has 1 atom stereocenters. The lowest BCUT2D eigenvalue weighted by Crippen LogP contribution is -2.10. The molecule has 3 heteroatoms. The number of furan rings is 1. The van der Waals surface area contributed by atoms with Crippen LogP contribution in [0.1, 0.15) is 42.3 Å². The van der Waals surface area contributed by atoms with Gasteiger partial charge in [0, 0.05) is 11.1 Å². The van der Waals surface area contributed by atoms with Crippen LogP contribution in [0.2, 0.25) is 0 Å². The molecule has 0 saturated carbocycles. The predicted molar refractivity (Wildman–Crippen MR) is 89.3 cm³/mol. The molecular formula is C19H19NO2. The highest BCUT2D eigenvalue weighted by Gasteiger charge is 2.12.